The monoisotopic (exact) mass is 255 g/mol. The fourth-order valence-corrected chi connectivity index (χ4v) is 2.34. The van der Waals surface area contributed by atoms with Gasteiger partial charge in [-0.2, -0.15) is 0 Å². The van der Waals surface area contributed by atoms with Gasteiger partial charge in [0.15, 0.2) is 0 Å². The Morgan fingerprint density at radius 2 is 2.12 bits per heavy atom. The topological polar surface area (TPSA) is 63.4 Å². The third-order valence-corrected chi connectivity index (χ3v) is 3.90. The standard InChI is InChI=1S/C12H17NO3S/c1-4-8(2)17-12-6-5-10(9(3)14)7-11(12)13(15)16/h5-9,14H,4H2,1-3H3. The molecule has 94 valence electrons. The number of hydrogen-bond acceptors (Lipinski definition) is 4. The Kier molecular flexibility index (Phi) is 4.96. The SMILES string of the molecule is CCC(C)Sc1ccc(C(C)O)cc1[N+](=O)[O-]. The molecule has 2 unspecified atom stereocenters. The second-order valence-electron chi connectivity index (χ2n) is 4.00. The van der Waals surface area contributed by atoms with Crippen molar-refractivity contribution in [2.45, 2.75) is 43.4 Å². The Hall–Kier alpha value is -1.07. The molecule has 0 radical (unpaired) electrons. The van der Waals surface area contributed by atoms with E-state index in [0.29, 0.717) is 15.7 Å². The van der Waals surface area contributed by atoms with Crippen molar-refractivity contribution >= 4 is 17.4 Å². The number of rotatable bonds is 5. The molecule has 1 rings (SSSR count). The number of nitro groups is 1. The zero-order valence-electron chi connectivity index (χ0n) is 10.2. The van der Waals surface area contributed by atoms with Crippen molar-refractivity contribution in [2.75, 3.05) is 0 Å². The smallest absolute Gasteiger partial charge is 0.283 e. The van der Waals surface area contributed by atoms with Gasteiger partial charge in [-0.25, -0.2) is 0 Å². The van der Waals surface area contributed by atoms with E-state index in [-0.39, 0.29) is 5.69 Å². The van der Waals surface area contributed by atoms with Gasteiger partial charge in [0, 0.05) is 11.3 Å². The van der Waals surface area contributed by atoms with Gasteiger partial charge in [0.25, 0.3) is 5.69 Å². The zero-order chi connectivity index (χ0) is 13.0. The average Bonchev–Trinajstić information content (AvgIpc) is 2.28. The maximum atomic E-state index is 11.0. The summed E-state index contributed by atoms with van der Waals surface area (Å²) in [5, 5.41) is 20.7. The molecule has 1 N–H and O–H groups in total. The summed E-state index contributed by atoms with van der Waals surface area (Å²) >= 11 is 1.50. The van der Waals surface area contributed by atoms with E-state index < -0.39 is 11.0 Å². The lowest BCUT2D eigenvalue weighted by atomic mass is 10.1. The summed E-state index contributed by atoms with van der Waals surface area (Å²) in [6.07, 6.45) is 0.274. The van der Waals surface area contributed by atoms with Crippen molar-refractivity contribution in [3.05, 3.63) is 33.9 Å². The van der Waals surface area contributed by atoms with Crippen LogP contribution in [0.25, 0.3) is 0 Å². The molecule has 17 heavy (non-hydrogen) atoms. The first kappa shape index (κ1) is 14.0. The first-order chi connectivity index (χ1) is 7.95. The van der Waals surface area contributed by atoms with E-state index in [1.807, 2.05) is 13.8 Å². The van der Waals surface area contributed by atoms with Crippen LogP contribution < -0.4 is 0 Å². The van der Waals surface area contributed by atoms with Gasteiger partial charge in [0.2, 0.25) is 0 Å². The molecule has 4 nitrogen and oxygen atoms in total. The fourth-order valence-electron chi connectivity index (χ4n) is 1.34. The van der Waals surface area contributed by atoms with Gasteiger partial charge < -0.3 is 5.11 Å². The molecule has 0 bridgehead atoms. The van der Waals surface area contributed by atoms with Crippen LogP contribution in [0.1, 0.15) is 38.9 Å². The van der Waals surface area contributed by atoms with Gasteiger partial charge in [0.1, 0.15) is 0 Å². The Labute approximate surface area is 105 Å². The molecule has 0 aliphatic rings. The van der Waals surface area contributed by atoms with Crippen LogP contribution in [-0.4, -0.2) is 15.3 Å². The van der Waals surface area contributed by atoms with Crippen LogP contribution in [0.3, 0.4) is 0 Å². The quantitative estimate of drug-likeness (QED) is 0.496. The normalized spacial score (nSPS) is 14.4. The summed E-state index contributed by atoms with van der Waals surface area (Å²) in [4.78, 5) is 11.2. The summed E-state index contributed by atoms with van der Waals surface area (Å²) in [5.74, 6) is 0. The highest BCUT2D eigenvalue weighted by molar-refractivity contribution is 8.00. The molecule has 0 spiro atoms. The maximum Gasteiger partial charge on any atom is 0.283 e. The van der Waals surface area contributed by atoms with Crippen LogP contribution in [0.5, 0.6) is 0 Å². The number of thioether (sulfide) groups is 1. The number of aliphatic hydroxyl groups excluding tert-OH is 1. The lowest BCUT2D eigenvalue weighted by molar-refractivity contribution is -0.387. The van der Waals surface area contributed by atoms with E-state index in [9.17, 15) is 15.2 Å². The Bertz CT molecular complexity index is 407. The van der Waals surface area contributed by atoms with Crippen LogP contribution in [0.2, 0.25) is 0 Å². The van der Waals surface area contributed by atoms with Crippen molar-refractivity contribution < 1.29 is 10.0 Å². The predicted molar refractivity (Wildman–Crippen MR) is 69.3 cm³/mol. The number of aliphatic hydroxyl groups is 1. The largest absolute Gasteiger partial charge is 0.389 e. The van der Waals surface area contributed by atoms with Crippen LogP contribution in [0, 0.1) is 10.1 Å². The third-order valence-electron chi connectivity index (χ3n) is 2.57. The molecule has 0 aliphatic carbocycles. The fraction of sp³-hybridized carbons (Fsp3) is 0.500. The molecule has 1 aromatic carbocycles. The zero-order valence-corrected chi connectivity index (χ0v) is 11.0. The predicted octanol–water partition coefficient (Wildman–Crippen LogP) is 3.54. The van der Waals surface area contributed by atoms with E-state index >= 15 is 0 Å². The van der Waals surface area contributed by atoms with E-state index in [2.05, 4.69) is 0 Å². The summed E-state index contributed by atoms with van der Waals surface area (Å²) in [5.41, 5.74) is 0.652. The van der Waals surface area contributed by atoms with Crippen molar-refractivity contribution in [3.8, 4) is 0 Å². The highest BCUT2D eigenvalue weighted by Crippen LogP contribution is 2.34. The van der Waals surface area contributed by atoms with Crippen LogP contribution in [-0.2, 0) is 0 Å². The van der Waals surface area contributed by atoms with Gasteiger partial charge in [-0.05, 0) is 25.0 Å². The van der Waals surface area contributed by atoms with Gasteiger partial charge in [-0.1, -0.05) is 19.9 Å². The minimum atomic E-state index is -0.684. The van der Waals surface area contributed by atoms with Crippen molar-refractivity contribution in [1.29, 1.82) is 0 Å². The summed E-state index contributed by atoms with van der Waals surface area (Å²) < 4.78 is 0. The molecular weight excluding hydrogens is 238 g/mol. The molecule has 0 heterocycles. The summed E-state index contributed by atoms with van der Waals surface area (Å²) in [6, 6.07) is 4.91. The Morgan fingerprint density at radius 3 is 2.59 bits per heavy atom. The molecule has 2 atom stereocenters. The van der Waals surface area contributed by atoms with E-state index in [4.69, 9.17) is 0 Å². The van der Waals surface area contributed by atoms with Gasteiger partial charge in [0.05, 0.1) is 15.9 Å². The Morgan fingerprint density at radius 1 is 1.47 bits per heavy atom. The van der Waals surface area contributed by atoms with E-state index in [1.165, 1.54) is 17.8 Å². The molecule has 1 aromatic rings. The van der Waals surface area contributed by atoms with Crippen LogP contribution in [0.15, 0.2) is 23.1 Å². The molecule has 0 saturated heterocycles. The van der Waals surface area contributed by atoms with Gasteiger partial charge in [-0.3, -0.25) is 10.1 Å². The van der Waals surface area contributed by atoms with Crippen molar-refractivity contribution in [1.82, 2.24) is 0 Å². The number of benzene rings is 1. The highest BCUT2D eigenvalue weighted by Gasteiger charge is 2.18. The summed E-state index contributed by atoms with van der Waals surface area (Å²) in [7, 11) is 0. The highest BCUT2D eigenvalue weighted by atomic mass is 32.2. The van der Waals surface area contributed by atoms with Gasteiger partial charge in [-0.15, -0.1) is 11.8 Å². The molecule has 0 saturated carbocycles. The molecular formula is C12H17NO3S. The molecule has 0 fully saturated rings. The van der Waals surface area contributed by atoms with Crippen molar-refractivity contribution in [3.63, 3.8) is 0 Å². The maximum absolute atomic E-state index is 11.0. The van der Waals surface area contributed by atoms with Crippen molar-refractivity contribution in [2.24, 2.45) is 0 Å². The van der Waals surface area contributed by atoms with Crippen LogP contribution in [0.4, 0.5) is 5.69 Å². The molecule has 0 aliphatic heterocycles. The third kappa shape index (κ3) is 3.71. The first-order valence-corrected chi connectivity index (χ1v) is 6.46. The van der Waals surface area contributed by atoms with E-state index in [0.717, 1.165) is 6.42 Å². The first-order valence-electron chi connectivity index (χ1n) is 5.58. The van der Waals surface area contributed by atoms with E-state index in [1.54, 1.807) is 19.1 Å². The molecule has 0 amide bonds. The summed E-state index contributed by atoms with van der Waals surface area (Å²) in [6.45, 7) is 5.69. The second kappa shape index (κ2) is 6.02. The average molecular weight is 255 g/mol. The number of nitro benzene ring substituents is 1. The minimum Gasteiger partial charge on any atom is -0.389 e. The number of hydrogen-bond donors (Lipinski definition) is 1. The lowest BCUT2D eigenvalue weighted by Crippen LogP contribution is -1.99. The Balaban J connectivity index is 3.09. The molecule has 5 heteroatoms. The van der Waals surface area contributed by atoms with Crippen LogP contribution >= 0.6 is 11.8 Å². The minimum absolute atomic E-state index is 0.0775. The number of nitrogens with zero attached hydrogens (tertiary/aromatic N) is 1. The van der Waals surface area contributed by atoms with Gasteiger partial charge >= 0.3 is 0 Å². The lowest BCUT2D eigenvalue weighted by Gasteiger charge is -2.10. The molecule has 0 aromatic heterocycles. The second-order valence-corrected chi connectivity index (χ2v) is 5.48.